The molecular weight excluding hydrogens is 276 g/mol. The first-order valence-electron chi connectivity index (χ1n) is 8.82. The summed E-state index contributed by atoms with van der Waals surface area (Å²) in [5.74, 6) is 1.41. The fraction of sp³-hybridized carbons (Fsp3) is 0.842. The molecule has 5 fully saturated rings. The molecule has 0 aromatic heterocycles. The van der Waals surface area contributed by atoms with E-state index in [2.05, 4.69) is 27.4 Å². The Hall–Kier alpha value is -0.670. The molecule has 1 N–H and O–H groups in total. The van der Waals surface area contributed by atoms with Crippen molar-refractivity contribution >= 4 is 5.78 Å². The number of aliphatic hydroxyl groups excluding tert-OH is 1. The van der Waals surface area contributed by atoms with Crippen LogP contribution < -0.4 is 0 Å². The number of epoxide rings is 1. The lowest BCUT2D eigenvalue weighted by Gasteiger charge is -2.45. The summed E-state index contributed by atoms with van der Waals surface area (Å²) in [4.78, 5) is 13.1. The molecule has 0 amide bonds. The summed E-state index contributed by atoms with van der Waals surface area (Å²) in [6, 6.07) is 0. The average Bonchev–Trinajstić information content (AvgIpc) is 3.00. The van der Waals surface area contributed by atoms with Gasteiger partial charge >= 0.3 is 0 Å². The van der Waals surface area contributed by atoms with Crippen molar-refractivity contribution in [3.8, 4) is 0 Å². The van der Waals surface area contributed by atoms with Gasteiger partial charge in [-0.1, -0.05) is 26.8 Å². The summed E-state index contributed by atoms with van der Waals surface area (Å²) >= 11 is 0. The second kappa shape index (κ2) is 3.39. The Kier molecular flexibility index (Phi) is 2.12. The number of aliphatic hydroxyl groups is 1. The molecule has 3 heteroatoms. The van der Waals surface area contributed by atoms with Crippen LogP contribution in [0.25, 0.3) is 0 Å². The predicted octanol–water partition coefficient (Wildman–Crippen LogP) is 2.72. The number of hydrogen-bond donors (Lipinski definition) is 1. The first kappa shape index (κ1) is 13.7. The van der Waals surface area contributed by atoms with E-state index in [0.29, 0.717) is 24.0 Å². The molecule has 22 heavy (non-hydrogen) atoms. The molecule has 0 radical (unpaired) electrons. The molecule has 5 rings (SSSR count). The minimum absolute atomic E-state index is 0.0326. The standard InChI is InChI=1S/C19H26O3/c1-5-11-6-7-18-8-12-10(2)14(21)15-19(12,22-15)16(18,3)9-13(20)17(11,18)4/h5,10-12,14-15,21H,1,6-9H2,2-4H3/t10-,11-,12+,14+,15+,16-,17-,18-,19-/m0/s1. The van der Waals surface area contributed by atoms with Crippen LogP contribution in [0.2, 0.25) is 0 Å². The Morgan fingerprint density at radius 2 is 2.14 bits per heavy atom. The van der Waals surface area contributed by atoms with Crippen LogP contribution in [0.4, 0.5) is 0 Å². The third kappa shape index (κ3) is 0.935. The fourth-order valence-electron chi connectivity index (χ4n) is 7.98. The highest BCUT2D eigenvalue weighted by molar-refractivity contribution is 5.91. The van der Waals surface area contributed by atoms with Crippen molar-refractivity contribution in [1.82, 2.24) is 0 Å². The molecule has 0 unspecified atom stereocenters. The highest BCUT2D eigenvalue weighted by Crippen LogP contribution is 2.86. The fourth-order valence-corrected chi connectivity index (χ4v) is 7.98. The van der Waals surface area contributed by atoms with Crippen molar-refractivity contribution in [3.05, 3.63) is 12.7 Å². The maximum absolute atomic E-state index is 13.1. The number of hydrogen-bond acceptors (Lipinski definition) is 3. The average molecular weight is 302 g/mol. The van der Waals surface area contributed by atoms with Gasteiger partial charge in [0.05, 0.1) is 6.10 Å². The van der Waals surface area contributed by atoms with Gasteiger partial charge in [-0.25, -0.2) is 0 Å². The Morgan fingerprint density at radius 3 is 2.82 bits per heavy atom. The van der Waals surface area contributed by atoms with Crippen molar-refractivity contribution in [2.24, 2.45) is 34.0 Å². The lowest BCUT2D eigenvalue weighted by molar-refractivity contribution is -0.129. The van der Waals surface area contributed by atoms with Gasteiger partial charge in [-0.05, 0) is 42.4 Å². The zero-order valence-corrected chi connectivity index (χ0v) is 13.8. The number of rotatable bonds is 1. The molecule has 120 valence electrons. The van der Waals surface area contributed by atoms with Gasteiger partial charge in [-0.3, -0.25) is 4.79 Å². The molecule has 0 aromatic rings. The van der Waals surface area contributed by atoms with Crippen LogP contribution in [0, 0.1) is 34.0 Å². The maximum Gasteiger partial charge on any atom is 0.140 e. The lowest BCUT2D eigenvalue weighted by atomic mass is 9.57. The summed E-state index contributed by atoms with van der Waals surface area (Å²) in [5, 5.41) is 10.5. The minimum Gasteiger partial charge on any atom is -0.390 e. The van der Waals surface area contributed by atoms with E-state index < -0.39 is 0 Å². The molecule has 1 heterocycles. The molecule has 5 aliphatic rings. The SMILES string of the molecule is C=C[C@H]1CC[C@]23C[C@@H]4[C@H](C)[C@@H](O)[C@H]5O[C@@]45[C@@]2(C)CC(=O)[C@]13C. The number of Topliss-reactive ketones (excluding diaryl/α,β-unsaturated/α-hetero) is 1. The molecule has 0 aromatic carbocycles. The monoisotopic (exact) mass is 302 g/mol. The van der Waals surface area contributed by atoms with Gasteiger partial charge in [0.1, 0.15) is 17.5 Å². The Morgan fingerprint density at radius 1 is 1.41 bits per heavy atom. The zero-order chi connectivity index (χ0) is 15.7. The van der Waals surface area contributed by atoms with E-state index >= 15 is 0 Å². The van der Waals surface area contributed by atoms with Crippen molar-refractivity contribution in [3.63, 3.8) is 0 Å². The van der Waals surface area contributed by atoms with Gasteiger partial charge in [0.2, 0.25) is 0 Å². The van der Waals surface area contributed by atoms with Crippen LogP contribution in [-0.4, -0.2) is 28.7 Å². The third-order valence-corrected chi connectivity index (χ3v) is 9.20. The molecule has 2 spiro atoms. The van der Waals surface area contributed by atoms with Crippen molar-refractivity contribution in [2.75, 3.05) is 0 Å². The summed E-state index contributed by atoms with van der Waals surface area (Å²) in [6.07, 6.45) is 5.50. The smallest absolute Gasteiger partial charge is 0.140 e. The normalized spacial score (nSPS) is 67.6. The second-order valence-corrected chi connectivity index (χ2v) is 9.09. The summed E-state index contributed by atoms with van der Waals surface area (Å²) in [5.41, 5.74) is -0.562. The van der Waals surface area contributed by atoms with E-state index in [0.717, 1.165) is 19.3 Å². The lowest BCUT2D eigenvalue weighted by Crippen LogP contribution is -2.46. The van der Waals surface area contributed by atoms with Gasteiger partial charge in [0.25, 0.3) is 0 Å². The van der Waals surface area contributed by atoms with Gasteiger partial charge < -0.3 is 9.84 Å². The number of carbonyl (C=O) groups excluding carboxylic acids is 1. The minimum atomic E-state index is -0.349. The van der Waals surface area contributed by atoms with Crippen molar-refractivity contribution < 1.29 is 14.6 Å². The summed E-state index contributed by atoms with van der Waals surface area (Å²) in [7, 11) is 0. The summed E-state index contributed by atoms with van der Waals surface area (Å²) in [6.45, 7) is 10.7. The Labute approximate surface area is 132 Å². The van der Waals surface area contributed by atoms with E-state index in [4.69, 9.17) is 4.74 Å². The number of ether oxygens (including phenoxy) is 1. The molecule has 9 atom stereocenters. The molecule has 3 nitrogen and oxygen atoms in total. The molecule has 0 bridgehead atoms. The van der Waals surface area contributed by atoms with E-state index in [1.54, 1.807) is 0 Å². The first-order valence-corrected chi connectivity index (χ1v) is 8.82. The molecule has 4 aliphatic carbocycles. The van der Waals surface area contributed by atoms with Crippen LogP contribution in [0.3, 0.4) is 0 Å². The van der Waals surface area contributed by atoms with Crippen LogP contribution in [0.5, 0.6) is 0 Å². The second-order valence-electron chi connectivity index (χ2n) is 9.09. The highest BCUT2D eigenvalue weighted by atomic mass is 16.6. The molecule has 1 saturated heterocycles. The number of allylic oxidation sites excluding steroid dienone is 1. The van der Waals surface area contributed by atoms with E-state index in [1.165, 1.54) is 0 Å². The molecule has 1 aliphatic heterocycles. The Balaban J connectivity index is 1.72. The van der Waals surface area contributed by atoms with Gasteiger partial charge in [0.15, 0.2) is 0 Å². The Bertz CT molecular complexity index is 614. The molecular formula is C19H26O3. The predicted molar refractivity (Wildman–Crippen MR) is 82.1 cm³/mol. The largest absolute Gasteiger partial charge is 0.390 e. The quantitative estimate of drug-likeness (QED) is 0.598. The topological polar surface area (TPSA) is 49.8 Å². The van der Waals surface area contributed by atoms with E-state index in [9.17, 15) is 9.90 Å². The maximum atomic E-state index is 13.1. The van der Waals surface area contributed by atoms with Gasteiger partial charge in [-0.15, -0.1) is 6.58 Å². The van der Waals surface area contributed by atoms with Crippen LogP contribution in [-0.2, 0) is 9.53 Å². The van der Waals surface area contributed by atoms with Crippen LogP contribution in [0.1, 0.15) is 46.5 Å². The third-order valence-electron chi connectivity index (χ3n) is 9.20. The zero-order valence-electron chi connectivity index (χ0n) is 13.8. The van der Waals surface area contributed by atoms with Crippen LogP contribution in [0.15, 0.2) is 12.7 Å². The van der Waals surface area contributed by atoms with Gasteiger partial charge in [0, 0.05) is 17.3 Å². The first-order chi connectivity index (χ1) is 10.3. The summed E-state index contributed by atoms with van der Waals surface area (Å²) < 4.78 is 6.20. The highest BCUT2D eigenvalue weighted by Gasteiger charge is 2.91. The van der Waals surface area contributed by atoms with Crippen molar-refractivity contribution in [2.45, 2.75) is 64.3 Å². The van der Waals surface area contributed by atoms with Crippen LogP contribution >= 0.6 is 0 Å². The van der Waals surface area contributed by atoms with Crippen molar-refractivity contribution in [1.29, 1.82) is 0 Å². The number of carbonyl (C=O) groups is 1. The van der Waals surface area contributed by atoms with E-state index in [-0.39, 0.29) is 40.0 Å². The van der Waals surface area contributed by atoms with E-state index in [1.807, 2.05) is 6.08 Å². The van der Waals surface area contributed by atoms with Gasteiger partial charge in [-0.2, -0.15) is 0 Å². The number of ketones is 1. The molecule has 4 saturated carbocycles.